The first-order valence-electron chi connectivity index (χ1n) is 12.4. The first-order valence-corrected chi connectivity index (χ1v) is 14.1. The quantitative estimate of drug-likeness (QED) is 0.484. The van der Waals surface area contributed by atoms with Gasteiger partial charge in [-0.05, 0) is 61.2 Å². The van der Waals surface area contributed by atoms with Crippen LogP contribution in [0.15, 0.2) is 47.4 Å². The second kappa shape index (κ2) is 10.3. The largest absolute Gasteiger partial charge is 0.497 e. The molecule has 2 aromatic rings. The molecule has 0 bridgehead atoms. The lowest BCUT2D eigenvalue weighted by Crippen LogP contribution is -2.52. The van der Waals surface area contributed by atoms with Crippen molar-refractivity contribution < 1.29 is 18.3 Å². The summed E-state index contributed by atoms with van der Waals surface area (Å²) in [5.41, 5.74) is 0.473. The van der Waals surface area contributed by atoms with Crippen LogP contribution in [0.1, 0.15) is 76.3 Å². The van der Waals surface area contributed by atoms with Gasteiger partial charge in [0.2, 0.25) is 0 Å². The van der Waals surface area contributed by atoms with Crippen LogP contribution in [0.4, 0.5) is 5.69 Å². The van der Waals surface area contributed by atoms with E-state index in [0.29, 0.717) is 23.3 Å². The van der Waals surface area contributed by atoms with E-state index in [9.17, 15) is 13.5 Å². The molecule has 0 aliphatic carbocycles. The number of anilines is 1. The van der Waals surface area contributed by atoms with E-state index in [1.54, 1.807) is 13.2 Å². The van der Waals surface area contributed by atoms with E-state index in [2.05, 4.69) is 13.8 Å². The Morgan fingerprint density at radius 2 is 1.62 bits per heavy atom. The molecule has 1 heterocycles. The molecule has 0 saturated carbocycles. The van der Waals surface area contributed by atoms with Crippen molar-refractivity contribution in [2.24, 2.45) is 5.41 Å². The molecule has 1 aliphatic heterocycles. The Bertz CT molecular complexity index is 1070. The normalized spacial score (nSPS) is 23.1. The smallest absolute Gasteiger partial charge is 0.179 e. The van der Waals surface area contributed by atoms with Gasteiger partial charge in [0, 0.05) is 31.1 Å². The van der Waals surface area contributed by atoms with Gasteiger partial charge < -0.3 is 14.7 Å². The molecule has 2 aromatic carbocycles. The third-order valence-corrected chi connectivity index (χ3v) is 9.70. The Morgan fingerprint density at radius 1 is 1.03 bits per heavy atom. The summed E-state index contributed by atoms with van der Waals surface area (Å²) in [4.78, 5) is 2.31. The van der Waals surface area contributed by atoms with Crippen LogP contribution in [-0.4, -0.2) is 46.1 Å². The van der Waals surface area contributed by atoms with Crippen LogP contribution in [0, 0.1) is 5.41 Å². The summed E-state index contributed by atoms with van der Waals surface area (Å²) in [5, 5.41) is 12.6. The van der Waals surface area contributed by atoms with Gasteiger partial charge in [-0.1, -0.05) is 51.7 Å². The molecule has 1 N–H and O–H groups in total. The molecule has 34 heavy (non-hydrogen) atoms. The molecule has 0 unspecified atom stereocenters. The zero-order valence-corrected chi connectivity index (χ0v) is 22.4. The number of rotatable bonds is 9. The van der Waals surface area contributed by atoms with Crippen molar-refractivity contribution in [3.63, 3.8) is 0 Å². The molecule has 1 aliphatic rings. The second-order valence-electron chi connectivity index (χ2n) is 10.2. The molecule has 3 rings (SSSR count). The van der Waals surface area contributed by atoms with Gasteiger partial charge in [-0.3, -0.25) is 0 Å². The summed E-state index contributed by atoms with van der Waals surface area (Å²) >= 11 is 0. The van der Waals surface area contributed by atoms with E-state index < -0.39 is 26.8 Å². The maximum absolute atomic E-state index is 13.9. The molecule has 0 fully saturated rings. The summed E-state index contributed by atoms with van der Waals surface area (Å²) in [6.45, 7) is 6.11. The number of nitrogens with zero attached hydrogens (tertiary/aromatic N) is 1. The summed E-state index contributed by atoms with van der Waals surface area (Å²) in [6, 6.07) is 13.3. The Morgan fingerprint density at radius 3 is 2.12 bits per heavy atom. The van der Waals surface area contributed by atoms with Gasteiger partial charge in [-0.25, -0.2) is 8.42 Å². The van der Waals surface area contributed by atoms with Crippen LogP contribution in [0.2, 0.25) is 0 Å². The van der Waals surface area contributed by atoms with Crippen molar-refractivity contribution >= 4 is 15.5 Å². The lowest BCUT2D eigenvalue weighted by atomic mass is 9.60. The fraction of sp³-hybridized carbons (Fsp3) is 0.571. The zero-order valence-electron chi connectivity index (χ0n) is 21.6. The average molecular weight is 488 g/mol. The van der Waals surface area contributed by atoms with Gasteiger partial charge in [-0.2, -0.15) is 0 Å². The van der Waals surface area contributed by atoms with Crippen molar-refractivity contribution in [2.45, 2.75) is 75.7 Å². The number of unbranched alkanes of at least 4 members (excludes halogenated alkanes) is 2. The third-order valence-electron chi connectivity index (χ3n) is 7.72. The molecule has 0 spiro atoms. The molecule has 0 saturated heterocycles. The van der Waals surface area contributed by atoms with Gasteiger partial charge in [0.25, 0.3) is 0 Å². The van der Waals surface area contributed by atoms with E-state index >= 15 is 0 Å². The number of ether oxygens (including phenoxy) is 1. The Kier molecular flexibility index (Phi) is 8.03. The van der Waals surface area contributed by atoms with E-state index in [0.717, 1.165) is 42.7 Å². The van der Waals surface area contributed by atoms with Crippen molar-refractivity contribution in [3.05, 3.63) is 53.6 Å². The van der Waals surface area contributed by atoms with Crippen LogP contribution in [0.5, 0.6) is 5.75 Å². The lowest BCUT2D eigenvalue weighted by molar-refractivity contribution is -0.0815. The summed E-state index contributed by atoms with van der Waals surface area (Å²) in [5.74, 6) is 0.211. The fourth-order valence-electron chi connectivity index (χ4n) is 5.63. The van der Waals surface area contributed by atoms with Crippen LogP contribution in [0.3, 0.4) is 0 Å². The predicted molar refractivity (Wildman–Crippen MR) is 140 cm³/mol. The molecule has 0 aromatic heterocycles. The summed E-state index contributed by atoms with van der Waals surface area (Å²) in [6.07, 6.45) is 5.02. The minimum atomic E-state index is -3.62. The Labute approximate surface area is 206 Å². The van der Waals surface area contributed by atoms with E-state index in [1.807, 2.05) is 62.3 Å². The van der Waals surface area contributed by atoms with Gasteiger partial charge in [0.15, 0.2) is 9.84 Å². The molecule has 188 valence electrons. The topological polar surface area (TPSA) is 66.8 Å². The first kappa shape index (κ1) is 26.6. The number of hydrogen-bond acceptors (Lipinski definition) is 5. The lowest BCUT2D eigenvalue weighted by Gasteiger charge is -2.48. The number of aliphatic hydroxyl groups is 1. The molecule has 0 radical (unpaired) electrons. The molecule has 6 heteroatoms. The maximum Gasteiger partial charge on any atom is 0.179 e. The van der Waals surface area contributed by atoms with Crippen molar-refractivity contribution in [3.8, 4) is 5.75 Å². The number of sulfone groups is 1. The number of fused-ring (bicyclic) bond motifs is 1. The molecule has 5 nitrogen and oxygen atoms in total. The summed E-state index contributed by atoms with van der Waals surface area (Å²) in [7, 11) is 1.90. The van der Waals surface area contributed by atoms with Crippen LogP contribution in [0.25, 0.3) is 0 Å². The molecule has 2 atom stereocenters. The summed E-state index contributed by atoms with van der Waals surface area (Å²) < 4.78 is 33.2. The fourth-order valence-corrected chi connectivity index (χ4v) is 7.90. The Hall–Kier alpha value is -2.05. The van der Waals surface area contributed by atoms with Crippen LogP contribution >= 0.6 is 0 Å². The first-order chi connectivity index (χ1) is 16.0. The monoisotopic (exact) mass is 487 g/mol. The standard InChI is InChI=1S/C28H41NO4S/c1-7-9-17-28(18-10-8-2)20-34(31,32)25-16-13-22(29(4)5)19-24(25)26(27(28,3)30)21-11-14-23(33-6)15-12-21/h11-16,19,26,30H,7-10,17-18,20H2,1-6H3/t26-,27-/m1/s1. The maximum atomic E-state index is 13.9. The van der Waals surface area contributed by atoms with Gasteiger partial charge in [-0.15, -0.1) is 0 Å². The molecular formula is C28H41NO4S. The number of benzene rings is 2. The highest BCUT2D eigenvalue weighted by Gasteiger charge is 2.56. The highest BCUT2D eigenvalue weighted by molar-refractivity contribution is 7.91. The predicted octanol–water partition coefficient (Wildman–Crippen LogP) is 5.80. The number of hydrogen-bond donors (Lipinski definition) is 1. The Balaban J connectivity index is 2.36. The SMILES string of the molecule is CCCCC1(CCCC)CS(=O)(=O)c2ccc(N(C)C)cc2[C@@H](c2ccc(OC)cc2)[C@@]1(C)O. The van der Waals surface area contributed by atoms with Crippen molar-refractivity contribution in [1.29, 1.82) is 0 Å². The van der Waals surface area contributed by atoms with Crippen LogP contribution < -0.4 is 9.64 Å². The highest BCUT2D eigenvalue weighted by atomic mass is 32.2. The number of methoxy groups -OCH3 is 1. The average Bonchev–Trinajstić information content (AvgIpc) is 2.85. The zero-order chi connectivity index (χ0) is 25.1. The van der Waals surface area contributed by atoms with Gasteiger partial charge in [0.1, 0.15) is 5.75 Å². The van der Waals surface area contributed by atoms with Crippen molar-refractivity contribution in [2.75, 3.05) is 31.9 Å². The second-order valence-corrected chi connectivity index (χ2v) is 12.2. The van der Waals surface area contributed by atoms with Gasteiger partial charge in [0.05, 0.1) is 23.4 Å². The van der Waals surface area contributed by atoms with Gasteiger partial charge >= 0.3 is 0 Å². The molecular weight excluding hydrogens is 446 g/mol. The minimum Gasteiger partial charge on any atom is -0.497 e. The van der Waals surface area contributed by atoms with E-state index in [4.69, 9.17) is 4.74 Å². The minimum absolute atomic E-state index is 0.0338. The third kappa shape index (κ3) is 4.85. The highest BCUT2D eigenvalue weighted by Crippen LogP contribution is 2.56. The molecule has 0 amide bonds. The van der Waals surface area contributed by atoms with Crippen LogP contribution in [-0.2, 0) is 9.84 Å². The van der Waals surface area contributed by atoms with E-state index in [1.165, 1.54) is 0 Å². The van der Waals surface area contributed by atoms with E-state index in [-0.39, 0.29) is 5.75 Å². The van der Waals surface area contributed by atoms with Crippen molar-refractivity contribution in [1.82, 2.24) is 0 Å².